The van der Waals surface area contributed by atoms with Crippen molar-refractivity contribution in [2.24, 2.45) is 0 Å². The smallest absolute Gasteiger partial charge is 0.161 e. The van der Waals surface area contributed by atoms with Crippen LogP contribution in [-0.4, -0.2) is 41.0 Å². The first-order valence-corrected chi connectivity index (χ1v) is 6.70. The topological polar surface area (TPSA) is 39.7 Å². The number of nitrogens with one attached hydrogen (secondary N) is 1. The van der Waals surface area contributed by atoms with Gasteiger partial charge in [0.15, 0.2) is 11.5 Å². The Balaban J connectivity index is 2.36. The van der Waals surface area contributed by atoms with E-state index < -0.39 is 0 Å². The van der Waals surface area contributed by atoms with E-state index in [0.717, 1.165) is 44.1 Å². The molecule has 19 heavy (non-hydrogen) atoms. The second kappa shape index (κ2) is 6.26. The third-order valence-corrected chi connectivity index (χ3v) is 3.96. The van der Waals surface area contributed by atoms with Gasteiger partial charge in [-0.05, 0) is 37.6 Å². The van der Waals surface area contributed by atoms with Gasteiger partial charge in [-0.25, -0.2) is 0 Å². The summed E-state index contributed by atoms with van der Waals surface area (Å²) in [7, 11) is 5.34. The molecule has 2 rings (SSSR count). The lowest BCUT2D eigenvalue weighted by Crippen LogP contribution is -2.41. The summed E-state index contributed by atoms with van der Waals surface area (Å²) in [4.78, 5) is 0. The highest BCUT2D eigenvalue weighted by Crippen LogP contribution is 2.38. The lowest BCUT2D eigenvalue weighted by atomic mass is 9.74. The van der Waals surface area contributed by atoms with E-state index >= 15 is 0 Å². The highest BCUT2D eigenvalue weighted by Gasteiger charge is 2.34. The summed E-state index contributed by atoms with van der Waals surface area (Å²) in [5.74, 6) is 1.57. The first kappa shape index (κ1) is 14.2. The molecule has 106 valence electrons. The first-order valence-electron chi connectivity index (χ1n) is 6.70. The van der Waals surface area contributed by atoms with Crippen molar-refractivity contribution in [3.63, 3.8) is 0 Å². The molecule has 0 atom stereocenters. The predicted molar refractivity (Wildman–Crippen MR) is 75.2 cm³/mol. The van der Waals surface area contributed by atoms with Crippen molar-refractivity contribution < 1.29 is 14.2 Å². The van der Waals surface area contributed by atoms with E-state index in [4.69, 9.17) is 14.2 Å². The maximum atomic E-state index is 5.51. The minimum absolute atomic E-state index is 0.131. The van der Waals surface area contributed by atoms with Gasteiger partial charge in [0.1, 0.15) is 0 Å². The highest BCUT2D eigenvalue weighted by molar-refractivity contribution is 5.45. The van der Waals surface area contributed by atoms with Gasteiger partial charge in [0.2, 0.25) is 0 Å². The van der Waals surface area contributed by atoms with Crippen LogP contribution in [0.25, 0.3) is 0 Å². The Labute approximate surface area is 115 Å². The number of likely N-dealkylation sites (N-methyl/N-ethyl adjacent to an activating group) is 1. The van der Waals surface area contributed by atoms with Crippen molar-refractivity contribution in [3.8, 4) is 11.5 Å². The molecule has 0 bridgehead atoms. The molecule has 1 fully saturated rings. The standard InChI is InChI=1S/C15H23NO3/c1-16-11-15(6-8-19-9-7-15)12-4-5-13(17-2)14(10-12)18-3/h4-5,10,16H,6-9,11H2,1-3H3. The number of rotatable bonds is 5. The number of ether oxygens (including phenoxy) is 3. The van der Waals surface area contributed by atoms with Crippen molar-refractivity contribution in [1.82, 2.24) is 5.32 Å². The summed E-state index contributed by atoms with van der Waals surface area (Å²) in [6.07, 6.45) is 2.06. The average Bonchev–Trinajstić information content (AvgIpc) is 2.47. The van der Waals surface area contributed by atoms with Gasteiger partial charge < -0.3 is 19.5 Å². The summed E-state index contributed by atoms with van der Waals surface area (Å²) in [5.41, 5.74) is 1.43. The Bertz CT molecular complexity index is 408. The highest BCUT2D eigenvalue weighted by atomic mass is 16.5. The second-order valence-electron chi connectivity index (χ2n) is 4.99. The Hall–Kier alpha value is -1.26. The molecule has 4 heteroatoms. The van der Waals surface area contributed by atoms with Crippen molar-refractivity contribution >= 4 is 0 Å². The Morgan fingerprint density at radius 2 is 1.84 bits per heavy atom. The normalized spacial score (nSPS) is 18.1. The molecular formula is C15H23NO3. The van der Waals surface area contributed by atoms with Gasteiger partial charge in [0, 0.05) is 25.2 Å². The van der Waals surface area contributed by atoms with Crippen LogP contribution < -0.4 is 14.8 Å². The molecule has 0 spiro atoms. The minimum atomic E-state index is 0.131. The molecule has 0 saturated carbocycles. The van der Waals surface area contributed by atoms with Crippen molar-refractivity contribution in [2.75, 3.05) is 41.0 Å². The molecule has 0 aromatic heterocycles. The van der Waals surface area contributed by atoms with Crippen molar-refractivity contribution in [1.29, 1.82) is 0 Å². The number of hydrogen-bond acceptors (Lipinski definition) is 4. The van der Waals surface area contributed by atoms with Crippen LogP contribution in [0.2, 0.25) is 0 Å². The SMILES string of the molecule is CNCC1(c2ccc(OC)c(OC)c2)CCOCC1. The van der Waals surface area contributed by atoms with E-state index in [0.29, 0.717) is 0 Å². The molecule has 1 aliphatic heterocycles. The molecular weight excluding hydrogens is 242 g/mol. The fraction of sp³-hybridized carbons (Fsp3) is 0.600. The summed E-state index contributed by atoms with van der Waals surface area (Å²) in [6.45, 7) is 2.58. The first-order chi connectivity index (χ1) is 9.25. The van der Waals surface area contributed by atoms with Crippen molar-refractivity contribution in [2.45, 2.75) is 18.3 Å². The zero-order chi connectivity index (χ0) is 13.7. The molecule has 1 aliphatic rings. The van der Waals surface area contributed by atoms with Gasteiger partial charge in [-0.2, -0.15) is 0 Å². The van der Waals surface area contributed by atoms with Gasteiger partial charge in [0.05, 0.1) is 14.2 Å². The molecule has 0 aliphatic carbocycles. The Morgan fingerprint density at radius 3 is 2.42 bits per heavy atom. The molecule has 1 heterocycles. The van der Waals surface area contributed by atoms with Crippen LogP contribution in [0.1, 0.15) is 18.4 Å². The molecule has 4 nitrogen and oxygen atoms in total. The Kier molecular flexibility index (Phi) is 4.66. The predicted octanol–water partition coefficient (Wildman–Crippen LogP) is 1.97. The monoisotopic (exact) mass is 265 g/mol. The molecule has 1 saturated heterocycles. The lowest BCUT2D eigenvalue weighted by Gasteiger charge is -2.38. The van der Waals surface area contributed by atoms with E-state index in [9.17, 15) is 0 Å². The van der Waals surface area contributed by atoms with E-state index in [1.807, 2.05) is 13.1 Å². The van der Waals surface area contributed by atoms with E-state index in [2.05, 4.69) is 17.4 Å². The van der Waals surface area contributed by atoms with Crippen LogP contribution in [0.15, 0.2) is 18.2 Å². The van der Waals surface area contributed by atoms with Gasteiger partial charge >= 0.3 is 0 Å². The van der Waals surface area contributed by atoms with Crippen molar-refractivity contribution in [3.05, 3.63) is 23.8 Å². The summed E-state index contributed by atoms with van der Waals surface area (Å²) in [5, 5.41) is 3.32. The van der Waals surface area contributed by atoms with Crippen LogP contribution in [0.4, 0.5) is 0 Å². The Morgan fingerprint density at radius 1 is 1.16 bits per heavy atom. The molecule has 0 amide bonds. The molecule has 0 radical (unpaired) electrons. The maximum Gasteiger partial charge on any atom is 0.161 e. The third kappa shape index (κ3) is 2.85. The molecule has 0 unspecified atom stereocenters. The van der Waals surface area contributed by atoms with Gasteiger partial charge in [-0.15, -0.1) is 0 Å². The average molecular weight is 265 g/mol. The summed E-state index contributed by atoms with van der Waals surface area (Å²) >= 11 is 0. The van der Waals surface area contributed by atoms with Crippen LogP contribution in [0.5, 0.6) is 11.5 Å². The van der Waals surface area contributed by atoms with E-state index in [1.165, 1.54) is 5.56 Å². The lowest BCUT2D eigenvalue weighted by molar-refractivity contribution is 0.0505. The maximum absolute atomic E-state index is 5.51. The number of hydrogen-bond donors (Lipinski definition) is 1. The zero-order valence-electron chi connectivity index (χ0n) is 12.0. The fourth-order valence-corrected chi connectivity index (χ4v) is 2.83. The third-order valence-electron chi connectivity index (χ3n) is 3.96. The summed E-state index contributed by atoms with van der Waals surface area (Å²) in [6, 6.07) is 6.23. The molecule has 1 aromatic carbocycles. The van der Waals surface area contributed by atoms with Gasteiger partial charge in [0.25, 0.3) is 0 Å². The summed E-state index contributed by atoms with van der Waals surface area (Å²) < 4.78 is 16.2. The second-order valence-corrected chi connectivity index (χ2v) is 4.99. The van der Waals surface area contributed by atoms with E-state index in [-0.39, 0.29) is 5.41 Å². The zero-order valence-corrected chi connectivity index (χ0v) is 12.0. The van der Waals surface area contributed by atoms with Gasteiger partial charge in [-0.3, -0.25) is 0 Å². The van der Waals surface area contributed by atoms with Gasteiger partial charge in [-0.1, -0.05) is 6.07 Å². The molecule has 1 N–H and O–H groups in total. The largest absolute Gasteiger partial charge is 0.493 e. The molecule has 1 aromatic rings. The van der Waals surface area contributed by atoms with Crippen LogP contribution in [-0.2, 0) is 10.2 Å². The number of benzene rings is 1. The number of methoxy groups -OCH3 is 2. The quantitative estimate of drug-likeness (QED) is 0.883. The minimum Gasteiger partial charge on any atom is -0.493 e. The van der Waals surface area contributed by atoms with Crippen LogP contribution in [0.3, 0.4) is 0 Å². The van der Waals surface area contributed by atoms with E-state index in [1.54, 1.807) is 14.2 Å². The van der Waals surface area contributed by atoms with Crippen LogP contribution in [0, 0.1) is 0 Å². The van der Waals surface area contributed by atoms with Crippen LogP contribution >= 0.6 is 0 Å². The fourth-order valence-electron chi connectivity index (χ4n) is 2.83.